The van der Waals surface area contributed by atoms with Gasteiger partial charge in [-0.25, -0.2) is 9.59 Å². The molecule has 23 nitrogen and oxygen atoms in total. The van der Waals surface area contributed by atoms with E-state index in [2.05, 4.69) is 38.5 Å². The third kappa shape index (κ3) is 25.2. The molecule has 0 spiro atoms. The molecule has 0 bridgehead atoms. The molecule has 8 N–H and O–H groups in total. The molecular formula is C40H61IN8O15. The Morgan fingerprint density at radius 2 is 1.17 bits per heavy atom. The van der Waals surface area contributed by atoms with Crippen LogP contribution >= 0.6 is 22.6 Å². The summed E-state index contributed by atoms with van der Waals surface area (Å²) in [6.45, 7) is 2.33. The van der Waals surface area contributed by atoms with Crippen LogP contribution in [0.15, 0.2) is 24.3 Å². The van der Waals surface area contributed by atoms with Gasteiger partial charge in [0.1, 0.15) is 6.04 Å². The van der Waals surface area contributed by atoms with Crippen molar-refractivity contribution in [1.82, 2.24) is 40.4 Å². The lowest BCUT2D eigenvalue weighted by Crippen LogP contribution is -2.49. The topological polar surface area (TPSA) is 316 Å². The molecule has 0 aliphatic carbocycles. The summed E-state index contributed by atoms with van der Waals surface area (Å²) in [5, 5.41) is 53.9. The average Bonchev–Trinajstić information content (AvgIpc) is 3.21. The van der Waals surface area contributed by atoms with E-state index in [-0.39, 0.29) is 110 Å². The Labute approximate surface area is 384 Å². The summed E-state index contributed by atoms with van der Waals surface area (Å²) in [7, 11) is 0. The zero-order chi connectivity index (χ0) is 47.4. The van der Waals surface area contributed by atoms with E-state index in [1.807, 2.05) is 29.2 Å². The van der Waals surface area contributed by atoms with Gasteiger partial charge in [-0.2, -0.15) is 0 Å². The first-order valence-corrected chi connectivity index (χ1v) is 22.0. The molecule has 358 valence electrons. The van der Waals surface area contributed by atoms with Gasteiger partial charge in [0.15, 0.2) is 6.23 Å². The number of carbonyl (C=O) groups is 9. The number of carboxylic acid groups (broad SMARTS) is 5. The van der Waals surface area contributed by atoms with Crippen LogP contribution < -0.4 is 16.0 Å². The fraction of sp³-hybridized carbons (Fsp3) is 0.625. The van der Waals surface area contributed by atoms with Gasteiger partial charge < -0.3 is 51.1 Å². The second kappa shape index (κ2) is 30.8. The first-order chi connectivity index (χ1) is 30.4. The number of carboxylic acids is 5. The zero-order valence-electron chi connectivity index (χ0n) is 35.7. The number of carbonyl (C=O) groups excluding carboxylic acids is 4. The summed E-state index contributed by atoms with van der Waals surface area (Å²) >= 11 is 2.18. The normalized spacial score (nSPS) is 15.6. The van der Waals surface area contributed by atoms with Crippen molar-refractivity contribution in [3.05, 3.63) is 33.4 Å². The molecule has 1 heterocycles. The number of halogens is 1. The van der Waals surface area contributed by atoms with Crippen LogP contribution in [-0.4, -0.2) is 208 Å². The standard InChI is InChI=1S/C40H61IN8O15/c41-30-9-7-29(8-10-30)23-49(14-4-2-5-33(64-28-50)44-40(63)43-31(39(61)62)11-12-35(53)54)34(52)6-1-3-13-42-32(51)24-45-15-17-46(25-36(55)56)19-21-48(27-38(59)60)22-20-47(18-16-45)26-37(57)58/h7-10,28,31,33H,1-6,11-27H2,(H,42,51)(H,53,54)(H,55,56)(H,57,58)(H,59,60)(H,61,62)(H2,43,44,63)/t31-,33+/m0/s1. The number of aliphatic carboxylic acids is 5. The molecule has 0 saturated carbocycles. The molecule has 2 rings (SSSR count). The number of rotatable bonds is 28. The first-order valence-electron chi connectivity index (χ1n) is 20.9. The van der Waals surface area contributed by atoms with Crippen LogP contribution in [-0.2, 0) is 49.6 Å². The van der Waals surface area contributed by atoms with Crippen LogP contribution in [0.3, 0.4) is 0 Å². The smallest absolute Gasteiger partial charge is 0.326 e. The van der Waals surface area contributed by atoms with Crippen molar-refractivity contribution >= 4 is 76.8 Å². The van der Waals surface area contributed by atoms with E-state index in [1.54, 1.807) is 19.6 Å². The van der Waals surface area contributed by atoms with Crippen LogP contribution in [0.25, 0.3) is 0 Å². The molecule has 0 aromatic heterocycles. The number of hydrogen-bond acceptors (Lipinski definition) is 14. The van der Waals surface area contributed by atoms with E-state index in [1.165, 1.54) is 0 Å². The summed E-state index contributed by atoms with van der Waals surface area (Å²) in [6, 6.07) is 5.22. The van der Waals surface area contributed by atoms with Gasteiger partial charge in [-0.05, 0) is 72.4 Å². The summed E-state index contributed by atoms with van der Waals surface area (Å²) in [5.74, 6) is -6.25. The Kier molecular flexibility index (Phi) is 26.5. The monoisotopic (exact) mass is 1020 g/mol. The second-order valence-corrected chi connectivity index (χ2v) is 16.4. The van der Waals surface area contributed by atoms with Crippen molar-refractivity contribution in [2.24, 2.45) is 0 Å². The number of ether oxygens (including phenoxy) is 1. The number of amides is 4. The maximum atomic E-state index is 13.5. The van der Waals surface area contributed by atoms with Crippen molar-refractivity contribution in [2.45, 2.75) is 70.2 Å². The molecule has 1 aliphatic rings. The number of hydrogen-bond donors (Lipinski definition) is 8. The third-order valence-corrected chi connectivity index (χ3v) is 10.8. The van der Waals surface area contributed by atoms with Crippen LogP contribution in [0.5, 0.6) is 0 Å². The maximum Gasteiger partial charge on any atom is 0.326 e. The minimum atomic E-state index is -1.48. The van der Waals surface area contributed by atoms with Gasteiger partial charge in [0.2, 0.25) is 11.8 Å². The second-order valence-electron chi connectivity index (χ2n) is 15.2. The fourth-order valence-electron chi connectivity index (χ4n) is 6.68. The Hall–Kier alpha value is -5.18. The average molecular weight is 1020 g/mol. The largest absolute Gasteiger partial charge is 0.481 e. The van der Waals surface area contributed by atoms with E-state index in [9.17, 15) is 63.6 Å². The molecule has 64 heavy (non-hydrogen) atoms. The lowest BCUT2D eigenvalue weighted by atomic mass is 10.1. The molecule has 1 aromatic carbocycles. The molecule has 1 saturated heterocycles. The predicted octanol–water partition coefficient (Wildman–Crippen LogP) is -0.332. The lowest BCUT2D eigenvalue weighted by molar-refractivity contribution is -0.141. The minimum Gasteiger partial charge on any atom is -0.481 e. The number of benzene rings is 1. The third-order valence-electron chi connectivity index (χ3n) is 10.1. The zero-order valence-corrected chi connectivity index (χ0v) is 37.9. The van der Waals surface area contributed by atoms with E-state index in [0.29, 0.717) is 51.9 Å². The Morgan fingerprint density at radius 1 is 0.656 bits per heavy atom. The van der Waals surface area contributed by atoms with Crippen LogP contribution in [0.4, 0.5) is 4.79 Å². The molecular weight excluding hydrogens is 959 g/mol. The highest BCUT2D eigenvalue weighted by Gasteiger charge is 2.24. The highest BCUT2D eigenvalue weighted by Crippen LogP contribution is 2.14. The van der Waals surface area contributed by atoms with Gasteiger partial charge >= 0.3 is 35.9 Å². The SMILES string of the molecule is O=CO[C@H](CCCCN(Cc1ccc(I)cc1)C(=O)CCCCNC(=O)CN1CCN(CC(=O)O)CCN(CC(=O)O)CCN(CC(=O)O)CC1)NC(=O)N[C@@H](CCC(=O)O)C(=O)O. The Bertz CT molecular complexity index is 1660. The van der Waals surface area contributed by atoms with E-state index >= 15 is 0 Å². The number of unbranched alkanes of at least 4 members (excludes halogenated alkanes) is 2. The van der Waals surface area contributed by atoms with Gasteiger partial charge in [-0.1, -0.05) is 12.1 Å². The van der Waals surface area contributed by atoms with Crippen molar-refractivity contribution in [2.75, 3.05) is 91.6 Å². The van der Waals surface area contributed by atoms with Crippen LogP contribution in [0.1, 0.15) is 56.9 Å². The van der Waals surface area contributed by atoms with Crippen molar-refractivity contribution < 1.29 is 73.4 Å². The molecule has 1 aromatic rings. The maximum absolute atomic E-state index is 13.5. The molecule has 2 atom stereocenters. The van der Waals surface area contributed by atoms with E-state index < -0.39 is 54.6 Å². The fourth-order valence-corrected chi connectivity index (χ4v) is 7.04. The summed E-state index contributed by atoms with van der Waals surface area (Å²) in [6.07, 6.45) is 0.133. The highest BCUT2D eigenvalue weighted by atomic mass is 127. The van der Waals surface area contributed by atoms with Crippen LogP contribution in [0, 0.1) is 3.57 Å². The van der Waals surface area contributed by atoms with Crippen molar-refractivity contribution in [3.63, 3.8) is 0 Å². The van der Waals surface area contributed by atoms with Gasteiger partial charge in [-0.3, -0.25) is 53.2 Å². The Morgan fingerprint density at radius 3 is 1.64 bits per heavy atom. The van der Waals surface area contributed by atoms with Gasteiger partial charge in [0.05, 0.1) is 26.2 Å². The van der Waals surface area contributed by atoms with Crippen molar-refractivity contribution in [3.8, 4) is 0 Å². The van der Waals surface area contributed by atoms with E-state index in [4.69, 9.17) is 9.84 Å². The van der Waals surface area contributed by atoms with Crippen LogP contribution in [0.2, 0.25) is 0 Å². The molecule has 0 radical (unpaired) electrons. The van der Waals surface area contributed by atoms with Gasteiger partial charge in [-0.15, -0.1) is 0 Å². The summed E-state index contributed by atoms with van der Waals surface area (Å²) < 4.78 is 5.98. The summed E-state index contributed by atoms with van der Waals surface area (Å²) in [5.41, 5.74) is 0.899. The minimum absolute atomic E-state index is 0.0374. The first kappa shape index (κ1) is 55.0. The van der Waals surface area contributed by atoms with Gasteiger partial charge in [0, 0.05) is 94.8 Å². The lowest BCUT2D eigenvalue weighted by Gasteiger charge is -2.32. The molecule has 4 amide bonds. The van der Waals surface area contributed by atoms with Gasteiger partial charge in [0.25, 0.3) is 6.47 Å². The molecule has 0 unspecified atom stereocenters. The number of nitrogens with zero attached hydrogens (tertiary/aromatic N) is 5. The predicted molar refractivity (Wildman–Crippen MR) is 235 cm³/mol. The summed E-state index contributed by atoms with van der Waals surface area (Å²) in [4.78, 5) is 116. The van der Waals surface area contributed by atoms with Crippen molar-refractivity contribution in [1.29, 1.82) is 0 Å². The Balaban J connectivity index is 1.95. The number of urea groups is 1. The number of nitrogens with one attached hydrogen (secondary N) is 3. The molecule has 24 heteroatoms. The van der Waals surface area contributed by atoms with E-state index in [0.717, 1.165) is 9.13 Å². The highest BCUT2D eigenvalue weighted by molar-refractivity contribution is 14.1. The molecule has 1 aliphatic heterocycles. The molecule has 1 fully saturated rings. The quantitative estimate of drug-likeness (QED) is 0.0231.